The van der Waals surface area contributed by atoms with Crippen molar-refractivity contribution in [1.29, 1.82) is 0 Å². The third kappa shape index (κ3) is 9.34. The second-order valence-corrected chi connectivity index (χ2v) is 7.08. The zero-order valence-corrected chi connectivity index (χ0v) is 15.9. The lowest BCUT2D eigenvalue weighted by Gasteiger charge is -2.30. The molecule has 0 rings (SSSR count). The molecule has 3 N–H and O–H groups in total. The van der Waals surface area contributed by atoms with Gasteiger partial charge in [0.2, 0.25) is 5.91 Å². The van der Waals surface area contributed by atoms with Crippen molar-refractivity contribution in [2.24, 2.45) is 5.92 Å². The molecule has 0 aliphatic heterocycles. The van der Waals surface area contributed by atoms with Crippen LogP contribution in [-0.4, -0.2) is 55.1 Å². The van der Waals surface area contributed by atoms with Gasteiger partial charge in [0.05, 0.1) is 0 Å². The molecule has 0 saturated heterocycles. The fourth-order valence-electron chi connectivity index (χ4n) is 1.88. The van der Waals surface area contributed by atoms with Gasteiger partial charge in [-0.2, -0.15) is 0 Å². The maximum atomic E-state index is 12.4. The predicted octanol–water partition coefficient (Wildman–Crippen LogP) is 1.02. The number of nitrogens with zero attached hydrogens (tertiary/aromatic N) is 1. The summed E-state index contributed by atoms with van der Waals surface area (Å²) < 4.78 is 5.32. The second kappa shape index (κ2) is 10.1. The molecular formula is C16H32N4O4. The van der Waals surface area contributed by atoms with E-state index in [2.05, 4.69) is 16.2 Å². The molecule has 140 valence electrons. The molecule has 1 atom stereocenters. The van der Waals surface area contributed by atoms with Crippen LogP contribution in [0.25, 0.3) is 0 Å². The lowest BCUT2D eigenvalue weighted by Crippen LogP contribution is -2.53. The predicted molar refractivity (Wildman–Crippen MR) is 92.1 cm³/mol. The van der Waals surface area contributed by atoms with Crippen molar-refractivity contribution in [2.75, 3.05) is 20.6 Å². The van der Waals surface area contributed by atoms with Crippen LogP contribution in [0.1, 0.15) is 47.5 Å². The molecule has 0 heterocycles. The molecule has 0 aromatic rings. The number of hydrazine groups is 1. The van der Waals surface area contributed by atoms with Gasteiger partial charge < -0.3 is 10.1 Å². The van der Waals surface area contributed by atoms with Crippen molar-refractivity contribution in [3.8, 4) is 0 Å². The number of likely N-dealkylation sites (N-methyl/N-ethyl adjacent to an activating group) is 1. The highest BCUT2D eigenvalue weighted by Gasteiger charge is 2.30. The topological polar surface area (TPSA) is 99.8 Å². The Bertz CT molecular complexity index is 432. The minimum atomic E-state index is -0.660. The normalized spacial score (nSPS) is 12.5. The average molecular weight is 344 g/mol. The average Bonchev–Trinajstić information content (AvgIpc) is 2.45. The summed E-state index contributed by atoms with van der Waals surface area (Å²) in [5, 5.41) is 2.50. The minimum absolute atomic E-state index is 0.124. The van der Waals surface area contributed by atoms with Crippen LogP contribution in [0.4, 0.5) is 4.79 Å². The zero-order chi connectivity index (χ0) is 18.9. The van der Waals surface area contributed by atoms with Crippen LogP contribution in [-0.2, 0) is 14.3 Å². The summed E-state index contributed by atoms with van der Waals surface area (Å²) in [6.07, 6.45) is 0.195. The zero-order valence-electron chi connectivity index (χ0n) is 15.9. The van der Waals surface area contributed by atoms with Gasteiger partial charge in [0.25, 0.3) is 5.91 Å². The summed E-state index contributed by atoms with van der Waals surface area (Å²) >= 11 is 0. The number of ether oxygens (including phenoxy) is 1. The third-order valence-electron chi connectivity index (χ3n) is 3.11. The third-order valence-corrected chi connectivity index (χ3v) is 3.11. The fraction of sp³-hybridized carbons (Fsp3) is 0.812. The SMILES string of the molecule is CNC(=O)CCNNC(=O)[C@H](CC(C)C)N(C)C(=O)OC(C)(C)C. The van der Waals surface area contributed by atoms with E-state index in [-0.39, 0.29) is 24.2 Å². The lowest BCUT2D eigenvalue weighted by molar-refractivity contribution is -0.128. The highest BCUT2D eigenvalue weighted by molar-refractivity contribution is 5.85. The standard InChI is InChI=1S/C16H32N4O4/c1-11(2)10-12(20(7)15(23)24-16(3,4)5)14(22)19-18-9-8-13(21)17-6/h11-12,18H,8-10H2,1-7H3,(H,17,21)(H,19,22)/t12-/m0/s1. The van der Waals surface area contributed by atoms with Crippen LogP contribution in [0.5, 0.6) is 0 Å². The quantitative estimate of drug-likeness (QED) is 0.451. The molecule has 0 unspecified atom stereocenters. The maximum Gasteiger partial charge on any atom is 0.410 e. The molecule has 0 aromatic carbocycles. The molecule has 3 amide bonds. The molecule has 0 aromatic heterocycles. The summed E-state index contributed by atoms with van der Waals surface area (Å²) in [4.78, 5) is 37.0. The molecule has 8 nitrogen and oxygen atoms in total. The molecule has 0 aliphatic rings. The fourth-order valence-corrected chi connectivity index (χ4v) is 1.88. The Labute approximate surface area is 144 Å². The van der Waals surface area contributed by atoms with Gasteiger partial charge in [-0.1, -0.05) is 13.8 Å². The summed E-state index contributed by atoms with van der Waals surface area (Å²) in [7, 11) is 3.10. The number of carbonyl (C=O) groups is 3. The first kappa shape index (κ1) is 22.2. The van der Waals surface area contributed by atoms with Gasteiger partial charge >= 0.3 is 6.09 Å². The van der Waals surface area contributed by atoms with Crippen LogP contribution in [0.3, 0.4) is 0 Å². The van der Waals surface area contributed by atoms with E-state index in [0.29, 0.717) is 13.0 Å². The molecule has 24 heavy (non-hydrogen) atoms. The smallest absolute Gasteiger partial charge is 0.410 e. The Morgan fingerprint density at radius 3 is 2.21 bits per heavy atom. The minimum Gasteiger partial charge on any atom is -0.444 e. The van der Waals surface area contributed by atoms with Gasteiger partial charge in [-0.15, -0.1) is 0 Å². The Morgan fingerprint density at radius 1 is 1.17 bits per heavy atom. The van der Waals surface area contributed by atoms with Gasteiger partial charge in [-0.3, -0.25) is 19.9 Å². The van der Waals surface area contributed by atoms with E-state index in [0.717, 1.165) is 0 Å². The van der Waals surface area contributed by atoms with Gasteiger partial charge in [-0.05, 0) is 33.1 Å². The molecule has 0 saturated carbocycles. The van der Waals surface area contributed by atoms with Crippen LogP contribution < -0.4 is 16.2 Å². The van der Waals surface area contributed by atoms with E-state index in [4.69, 9.17) is 4.74 Å². The summed E-state index contributed by atoms with van der Waals surface area (Å²) in [5.74, 6) is -0.244. The Hall–Kier alpha value is -1.83. The van der Waals surface area contributed by atoms with Crippen molar-refractivity contribution in [2.45, 2.75) is 59.1 Å². The van der Waals surface area contributed by atoms with E-state index in [1.807, 2.05) is 13.8 Å². The first-order chi connectivity index (χ1) is 11.0. The van der Waals surface area contributed by atoms with E-state index in [9.17, 15) is 14.4 Å². The van der Waals surface area contributed by atoms with E-state index >= 15 is 0 Å². The molecule has 8 heteroatoms. The number of hydrogen-bond acceptors (Lipinski definition) is 5. The number of nitrogens with one attached hydrogen (secondary N) is 3. The Balaban J connectivity index is 4.71. The number of rotatable bonds is 8. The maximum absolute atomic E-state index is 12.4. The van der Waals surface area contributed by atoms with E-state index in [1.165, 1.54) is 4.90 Å². The Morgan fingerprint density at radius 2 is 1.75 bits per heavy atom. The second-order valence-electron chi connectivity index (χ2n) is 7.08. The van der Waals surface area contributed by atoms with Crippen molar-refractivity contribution < 1.29 is 19.1 Å². The summed E-state index contributed by atoms with van der Waals surface area (Å²) in [6.45, 7) is 9.57. The monoisotopic (exact) mass is 344 g/mol. The number of hydrogen-bond donors (Lipinski definition) is 3. The highest BCUT2D eigenvalue weighted by Crippen LogP contribution is 2.15. The van der Waals surface area contributed by atoms with Crippen LogP contribution >= 0.6 is 0 Å². The van der Waals surface area contributed by atoms with Crippen LogP contribution in [0, 0.1) is 5.92 Å². The van der Waals surface area contributed by atoms with Crippen molar-refractivity contribution in [3.63, 3.8) is 0 Å². The highest BCUT2D eigenvalue weighted by atomic mass is 16.6. The molecular weight excluding hydrogens is 312 g/mol. The summed E-state index contributed by atoms with van der Waals surface area (Å²) in [5.41, 5.74) is 4.63. The Kier molecular flexibility index (Phi) is 9.35. The first-order valence-electron chi connectivity index (χ1n) is 8.17. The molecule has 0 spiro atoms. The van der Waals surface area contributed by atoms with Crippen molar-refractivity contribution >= 4 is 17.9 Å². The van der Waals surface area contributed by atoms with Gasteiger partial charge in [0.15, 0.2) is 0 Å². The van der Waals surface area contributed by atoms with Crippen LogP contribution in [0.15, 0.2) is 0 Å². The van der Waals surface area contributed by atoms with E-state index in [1.54, 1.807) is 34.9 Å². The van der Waals surface area contributed by atoms with Gasteiger partial charge in [0.1, 0.15) is 11.6 Å². The molecule has 0 aliphatic carbocycles. The number of carbonyl (C=O) groups excluding carboxylic acids is 3. The lowest BCUT2D eigenvalue weighted by atomic mass is 10.0. The van der Waals surface area contributed by atoms with Gasteiger partial charge in [-0.25, -0.2) is 10.2 Å². The first-order valence-corrected chi connectivity index (χ1v) is 8.17. The van der Waals surface area contributed by atoms with Gasteiger partial charge in [0, 0.05) is 27.1 Å². The van der Waals surface area contributed by atoms with E-state index < -0.39 is 17.7 Å². The van der Waals surface area contributed by atoms with Crippen molar-refractivity contribution in [3.05, 3.63) is 0 Å². The largest absolute Gasteiger partial charge is 0.444 e. The summed E-state index contributed by atoms with van der Waals surface area (Å²) in [6, 6.07) is -0.660. The van der Waals surface area contributed by atoms with Crippen LogP contribution in [0.2, 0.25) is 0 Å². The molecule has 0 radical (unpaired) electrons. The molecule has 0 fully saturated rings. The van der Waals surface area contributed by atoms with Crippen molar-refractivity contribution in [1.82, 2.24) is 21.1 Å². The molecule has 0 bridgehead atoms. The number of amides is 3.